The third-order valence-corrected chi connectivity index (χ3v) is 6.60. The van der Waals surface area contributed by atoms with Crippen molar-refractivity contribution in [2.75, 3.05) is 6.61 Å². The van der Waals surface area contributed by atoms with Crippen molar-refractivity contribution >= 4 is 17.5 Å². The molecule has 4 aromatic rings. The molecule has 0 radical (unpaired) electrons. The van der Waals surface area contributed by atoms with Gasteiger partial charge >= 0.3 is 0 Å². The van der Waals surface area contributed by atoms with E-state index in [0.717, 1.165) is 16.7 Å². The van der Waals surface area contributed by atoms with Crippen molar-refractivity contribution in [1.29, 1.82) is 0 Å². The number of ether oxygens (including phenoxy) is 1. The van der Waals surface area contributed by atoms with E-state index in [1.54, 1.807) is 42.2 Å². The van der Waals surface area contributed by atoms with Crippen LogP contribution in [0.3, 0.4) is 0 Å². The number of phenols is 2. The van der Waals surface area contributed by atoms with E-state index in [-0.39, 0.29) is 17.4 Å². The average Bonchev–Trinajstić information content (AvgIpc) is 3.38. The first-order chi connectivity index (χ1) is 16.9. The van der Waals surface area contributed by atoms with Crippen LogP contribution in [0.15, 0.2) is 60.7 Å². The second-order valence-electron chi connectivity index (χ2n) is 8.46. The van der Waals surface area contributed by atoms with Crippen LogP contribution >= 0.6 is 11.6 Å². The Bertz CT molecular complexity index is 1420. The summed E-state index contributed by atoms with van der Waals surface area (Å²) in [5, 5.41) is 28.8. The maximum Gasteiger partial charge on any atom is 0.273 e. The number of aryl methyl sites for hydroxylation is 1. The largest absolute Gasteiger partial charge is 0.507 e. The van der Waals surface area contributed by atoms with Crippen LogP contribution in [0.2, 0.25) is 5.02 Å². The molecule has 0 spiro atoms. The number of fused-ring (bicyclic) bond motifs is 1. The summed E-state index contributed by atoms with van der Waals surface area (Å²) in [5.74, 6) is 0.160. The molecule has 1 aromatic heterocycles. The van der Waals surface area contributed by atoms with Gasteiger partial charge in [0.25, 0.3) is 5.91 Å². The highest BCUT2D eigenvalue weighted by Gasteiger charge is 2.42. The number of hydrogen-bond donors (Lipinski definition) is 3. The van der Waals surface area contributed by atoms with Crippen molar-refractivity contribution in [2.24, 2.45) is 0 Å². The van der Waals surface area contributed by atoms with Crippen molar-refractivity contribution in [3.05, 3.63) is 93.6 Å². The number of carbonyl (C=O) groups excluding carboxylic acids is 1. The number of phenolic OH excluding ortho intramolecular Hbond substituents is 2. The van der Waals surface area contributed by atoms with Gasteiger partial charge in [-0.1, -0.05) is 48.0 Å². The third kappa shape index (κ3) is 3.98. The fraction of sp³-hybridized carbons (Fsp3) is 0.185. The quantitative estimate of drug-likeness (QED) is 0.328. The van der Waals surface area contributed by atoms with Crippen molar-refractivity contribution in [3.63, 3.8) is 0 Å². The highest BCUT2D eigenvalue weighted by Crippen LogP contribution is 2.47. The minimum absolute atomic E-state index is 0.0186. The monoisotopic (exact) mass is 489 g/mol. The Labute approximate surface area is 207 Å². The number of aromatic amines is 1. The van der Waals surface area contributed by atoms with Crippen LogP contribution < -0.4 is 4.74 Å². The Morgan fingerprint density at radius 3 is 2.60 bits per heavy atom. The number of benzene rings is 3. The normalized spacial score (nSPS) is 14.9. The van der Waals surface area contributed by atoms with Crippen LogP contribution in [0, 0.1) is 6.92 Å². The van der Waals surface area contributed by atoms with E-state index in [2.05, 4.69) is 10.2 Å². The number of nitrogens with one attached hydrogen (secondary N) is 1. The van der Waals surface area contributed by atoms with Gasteiger partial charge < -0.3 is 19.8 Å². The van der Waals surface area contributed by atoms with Gasteiger partial charge in [-0.2, -0.15) is 5.10 Å². The molecule has 0 saturated carbocycles. The molecule has 0 aliphatic carbocycles. The lowest BCUT2D eigenvalue weighted by Crippen LogP contribution is -2.29. The molecule has 1 atom stereocenters. The van der Waals surface area contributed by atoms with E-state index in [0.29, 0.717) is 46.4 Å². The molecule has 3 N–H and O–H groups in total. The summed E-state index contributed by atoms with van der Waals surface area (Å²) in [7, 11) is 0. The van der Waals surface area contributed by atoms with Gasteiger partial charge in [-0.25, -0.2) is 0 Å². The number of rotatable bonds is 6. The molecule has 1 aliphatic heterocycles. The van der Waals surface area contributed by atoms with Crippen molar-refractivity contribution < 1.29 is 19.7 Å². The molecular weight excluding hydrogens is 466 g/mol. The topological polar surface area (TPSA) is 98.7 Å². The van der Waals surface area contributed by atoms with E-state index in [4.69, 9.17) is 16.3 Å². The van der Waals surface area contributed by atoms with E-state index in [9.17, 15) is 15.0 Å². The van der Waals surface area contributed by atoms with Crippen LogP contribution in [-0.2, 0) is 6.54 Å². The molecule has 0 saturated heterocycles. The average molecular weight is 490 g/mol. The number of carbonyl (C=O) groups is 1. The molecule has 0 unspecified atom stereocenters. The molecule has 2 heterocycles. The van der Waals surface area contributed by atoms with Gasteiger partial charge in [0.05, 0.1) is 12.6 Å². The summed E-state index contributed by atoms with van der Waals surface area (Å²) in [6.07, 6.45) is 0. The lowest BCUT2D eigenvalue weighted by Gasteiger charge is -2.27. The second kappa shape index (κ2) is 9.00. The third-order valence-electron chi connectivity index (χ3n) is 6.19. The zero-order valence-electron chi connectivity index (χ0n) is 19.2. The van der Waals surface area contributed by atoms with Crippen LogP contribution in [0.5, 0.6) is 17.2 Å². The van der Waals surface area contributed by atoms with E-state index < -0.39 is 6.04 Å². The number of hydrogen-bond acceptors (Lipinski definition) is 5. The smallest absolute Gasteiger partial charge is 0.273 e. The first-order valence-electron chi connectivity index (χ1n) is 11.3. The molecule has 178 valence electrons. The Hall–Kier alpha value is -3.97. The van der Waals surface area contributed by atoms with E-state index in [1.165, 1.54) is 0 Å². The highest BCUT2D eigenvalue weighted by atomic mass is 35.5. The number of amides is 1. The van der Waals surface area contributed by atoms with Crippen LogP contribution in [-0.4, -0.2) is 37.8 Å². The molecule has 1 amide bonds. The first-order valence-corrected chi connectivity index (χ1v) is 11.6. The molecule has 8 heteroatoms. The standard InChI is InChI=1S/C27H24ClN3O4/c1-3-35-22-12-17(9-10-20(22)32)26-23-24(18-13-19(28)15(2)11-21(18)33)29-30-25(23)27(34)31(26)14-16-7-5-4-6-8-16/h4-13,26,32-33H,3,14H2,1-2H3,(H,29,30)/t26-/m1/s1. The molecule has 3 aromatic carbocycles. The first kappa shape index (κ1) is 22.8. The molecule has 0 fully saturated rings. The Morgan fingerprint density at radius 1 is 1.09 bits per heavy atom. The SMILES string of the molecule is CCOc1cc([C@@H]2c3c(-c4cc(Cl)c(C)cc4O)n[nH]c3C(=O)N2Cc2ccccc2)ccc1O. The second-order valence-corrected chi connectivity index (χ2v) is 8.87. The molecule has 1 aliphatic rings. The van der Waals surface area contributed by atoms with Crippen LogP contribution in [0.4, 0.5) is 0 Å². The fourth-order valence-electron chi connectivity index (χ4n) is 4.52. The van der Waals surface area contributed by atoms with Gasteiger partial charge in [0.2, 0.25) is 0 Å². The maximum absolute atomic E-state index is 13.6. The fourth-order valence-corrected chi connectivity index (χ4v) is 4.68. The molecule has 0 bridgehead atoms. The molecule has 7 nitrogen and oxygen atoms in total. The lowest BCUT2D eigenvalue weighted by atomic mass is 9.94. The maximum atomic E-state index is 13.6. The molecular formula is C27H24ClN3O4. The van der Waals surface area contributed by atoms with Gasteiger partial charge in [-0.05, 0) is 54.8 Å². The Balaban J connectivity index is 1.69. The molecule has 35 heavy (non-hydrogen) atoms. The Kier molecular flexibility index (Phi) is 5.86. The number of nitrogens with zero attached hydrogens (tertiary/aromatic N) is 2. The summed E-state index contributed by atoms with van der Waals surface area (Å²) in [4.78, 5) is 15.3. The summed E-state index contributed by atoms with van der Waals surface area (Å²) in [6.45, 7) is 4.38. The van der Waals surface area contributed by atoms with Gasteiger partial charge in [0.15, 0.2) is 11.5 Å². The van der Waals surface area contributed by atoms with Gasteiger partial charge in [0, 0.05) is 22.7 Å². The number of H-pyrrole nitrogens is 1. The highest BCUT2D eigenvalue weighted by molar-refractivity contribution is 6.31. The number of aromatic nitrogens is 2. The lowest BCUT2D eigenvalue weighted by molar-refractivity contribution is 0.0730. The predicted octanol–water partition coefficient (Wildman–Crippen LogP) is 5.59. The van der Waals surface area contributed by atoms with Gasteiger partial charge in [-0.15, -0.1) is 0 Å². The van der Waals surface area contributed by atoms with Crippen molar-refractivity contribution in [3.8, 4) is 28.5 Å². The van der Waals surface area contributed by atoms with E-state index in [1.807, 2.05) is 37.3 Å². The summed E-state index contributed by atoms with van der Waals surface area (Å²) >= 11 is 6.37. The molecule has 5 rings (SSSR count). The summed E-state index contributed by atoms with van der Waals surface area (Å²) < 4.78 is 5.62. The summed E-state index contributed by atoms with van der Waals surface area (Å²) in [5.41, 5.74) is 4.31. The summed E-state index contributed by atoms with van der Waals surface area (Å²) in [6, 6.07) is 17.5. The van der Waals surface area contributed by atoms with E-state index >= 15 is 0 Å². The predicted molar refractivity (Wildman–Crippen MR) is 133 cm³/mol. The minimum atomic E-state index is -0.536. The zero-order valence-corrected chi connectivity index (χ0v) is 20.0. The van der Waals surface area contributed by atoms with Crippen molar-refractivity contribution in [1.82, 2.24) is 15.1 Å². The van der Waals surface area contributed by atoms with Crippen LogP contribution in [0.1, 0.15) is 45.7 Å². The van der Waals surface area contributed by atoms with Crippen LogP contribution in [0.25, 0.3) is 11.3 Å². The van der Waals surface area contributed by atoms with Gasteiger partial charge in [-0.3, -0.25) is 9.89 Å². The van der Waals surface area contributed by atoms with Gasteiger partial charge in [0.1, 0.15) is 17.1 Å². The Morgan fingerprint density at radius 2 is 1.86 bits per heavy atom. The zero-order chi connectivity index (χ0) is 24.7. The number of halogens is 1. The van der Waals surface area contributed by atoms with Crippen molar-refractivity contribution in [2.45, 2.75) is 26.4 Å². The number of aromatic hydroxyl groups is 2. The minimum Gasteiger partial charge on any atom is -0.507 e.